The van der Waals surface area contributed by atoms with E-state index in [1.165, 1.54) is 70.6 Å². The van der Waals surface area contributed by atoms with Crippen LogP contribution in [0.1, 0.15) is 105 Å². The molecule has 160 valence electrons. The smallest absolute Gasteiger partial charge is 0.00766 e. The average Bonchev–Trinajstić information content (AvgIpc) is 2.99. The fourth-order valence-corrected chi connectivity index (χ4v) is 8.71. The van der Waals surface area contributed by atoms with Crippen LogP contribution in [0.25, 0.3) is 0 Å². The second-order valence-electron chi connectivity index (χ2n) is 12.3. The van der Waals surface area contributed by atoms with Crippen molar-refractivity contribution in [3.05, 3.63) is 11.6 Å². The first kappa shape index (κ1) is 21.0. The summed E-state index contributed by atoms with van der Waals surface area (Å²) in [6.07, 6.45) is 18.1. The average molecular weight is 386 g/mol. The highest BCUT2D eigenvalue weighted by atomic mass is 14.7. The second-order valence-corrected chi connectivity index (χ2v) is 12.3. The number of fused-ring (bicyclic) bond motifs is 5. The quantitative estimate of drug-likeness (QED) is 0.492. The highest BCUT2D eigenvalue weighted by Crippen LogP contribution is 2.67. The van der Waals surface area contributed by atoms with Crippen molar-refractivity contribution in [3.8, 4) is 0 Å². The normalized spacial score (nSPS) is 46.5. The van der Waals surface area contributed by atoms with Gasteiger partial charge in [-0.05, 0) is 97.7 Å². The molecule has 0 aromatic heterocycles. The van der Waals surface area contributed by atoms with Gasteiger partial charge in [-0.1, -0.05) is 65.5 Å². The van der Waals surface area contributed by atoms with Gasteiger partial charge in [0.2, 0.25) is 0 Å². The molecule has 0 spiro atoms. The van der Waals surface area contributed by atoms with Crippen molar-refractivity contribution in [2.75, 3.05) is 0 Å². The molecule has 3 saturated carbocycles. The summed E-state index contributed by atoms with van der Waals surface area (Å²) < 4.78 is 0. The standard InChI is InChI=1S/C27H47N/c1-18(2)7-6-8-19(3)23-11-12-24-22-10-9-20-17-21(28)13-15-26(20,4)25(22)14-16-27(23,24)5/h9,18-19,21-25H,6-8,10-17,28H2,1-5H3/t19-,21+,22-,23?,24+,25+,26?,27?/m1/s1. The second kappa shape index (κ2) is 7.75. The molecule has 4 rings (SSSR count). The first-order valence-corrected chi connectivity index (χ1v) is 12.7. The number of hydrogen-bond donors (Lipinski definition) is 1. The Hall–Kier alpha value is -0.300. The fourth-order valence-electron chi connectivity index (χ4n) is 8.71. The Balaban J connectivity index is 1.49. The molecule has 2 N–H and O–H groups in total. The first-order valence-electron chi connectivity index (χ1n) is 12.7. The van der Waals surface area contributed by atoms with Crippen molar-refractivity contribution in [2.45, 2.75) is 111 Å². The molecule has 1 nitrogen and oxygen atoms in total. The molecular weight excluding hydrogens is 338 g/mol. The minimum absolute atomic E-state index is 0.423. The van der Waals surface area contributed by atoms with E-state index in [9.17, 15) is 0 Å². The van der Waals surface area contributed by atoms with Gasteiger partial charge in [-0.3, -0.25) is 0 Å². The van der Waals surface area contributed by atoms with Crippen LogP contribution >= 0.6 is 0 Å². The molecule has 4 aliphatic rings. The minimum Gasteiger partial charge on any atom is -0.327 e. The molecule has 0 bridgehead atoms. The third kappa shape index (κ3) is 3.42. The van der Waals surface area contributed by atoms with Crippen LogP contribution in [0.4, 0.5) is 0 Å². The number of rotatable bonds is 5. The molecule has 0 aromatic carbocycles. The summed E-state index contributed by atoms with van der Waals surface area (Å²) in [4.78, 5) is 0. The SMILES string of the molecule is CC(C)CCC[C@@H](C)C1CC[C@H]2[C@H]3CC=C4C[C@@H](N)CCC4(C)[C@H]3CCC12C. The van der Waals surface area contributed by atoms with Crippen LogP contribution in [0, 0.1) is 46.3 Å². The van der Waals surface area contributed by atoms with Crippen molar-refractivity contribution in [1.29, 1.82) is 0 Å². The molecule has 8 atom stereocenters. The maximum absolute atomic E-state index is 6.34. The van der Waals surface area contributed by atoms with Gasteiger partial charge in [-0.25, -0.2) is 0 Å². The van der Waals surface area contributed by atoms with Crippen LogP contribution in [0.2, 0.25) is 0 Å². The van der Waals surface area contributed by atoms with Crippen LogP contribution in [0.3, 0.4) is 0 Å². The van der Waals surface area contributed by atoms with E-state index >= 15 is 0 Å². The van der Waals surface area contributed by atoms with E-state index in [-0.39, 0.29) is 0 Å². The summed E-state index contributed by atoms with van der Waals surface area (Å²) in [5, 5.41) is 0. The Kier molecular flexibility index (Phi) is 5.80. The van der Waals surface area contributed by atoms with Crippen molar-refractivity contribution >= 4 is 0 Å². The molecule has 0 aromatic rings. The zero-order valence-electron chi connectivity index (χ0n) is 19.5. The van der Waals surface area contributed by atoms with Gasteiger partial charge < -0.3 is 5.73 Å². The summed E-state index contributed by atoms with van der Waals surface area (Å²) in [5.74, 6) is 5.63. The van der Waals surface area contributed by atoms with Crippen LogP contribution < -0.4 is 5.73 Å². The van der Waals surface area contributed by atoms with E-state index in [1.807, 2.05) is 0 Å². The van der Waals surface area contributed by atoms with E-state index in [4.69, 9.17) is 5.73 Å². The number of allylic oxidation sites excluding steroid dienone is 1. The van der Waals surface area contributed by atoms with Gasteiger partial charge in [0.1, 0.15) is 0 Å². The largest absolute Gasteiger partial charge is 0.327 e. The zero-order chi connectivity index (χ0) is 20.1. The fraction of sp³-hybridized carbons (Fsp3) is 0.926. The zero-order valence-corrected chi connectivity index (χ0v) is 19.5. The van der Waals surface area contributed by atoms with Crippen molar-refractivity contribution in [2.24, 2.45) is 52.1 Å². The first-order chi connectivity index (χ1) is 13.3. The van der Waals surface area contributed by atoms with E-state index in [0.29, 0.717) is 16.9 Å². The maximum atomic E-state index is 6.34. The maximum Gasteiger partial charge on any atom is 0.00766 e. The van der Waals surface area contributed by atoms with Crippen LogP contribution in [-0.2, 0) is 0 Å². The summed E-state index contributed by atoms with van der Waals surface area (Å²) in [6, 6.07) is 0.423. The lowest BCUT2D eigenvalue weighted by Gasteiger charge is -2.58. The van der Waals surface area contributed by atoms with Gasteiger partial charge in [0.05, 0.1) is 0 Å². The van der Waals surface area contributed by atoms with E-state index < -0.39 is 0 Å². The van der Waals surface area contributed by atoms with Gasteiger partial charge in [0.25, 0.3) is 0 Å². The van der Waals surface area contributed by atoms with E-state index in [1.54, 1.807) is 5.57 Å². The number of hydrogen-bond acceptors (Lipinski definition) is 1. The molecule has 0 amide bonds. The highest BCUT2D eigenvalue weighted by Gasteiger charge is 2.58. The molecule has 3 unspecified atom stereocenters. The van der Waals surface area contributed by atoms with Crippen LogP contribution in [0.15, 0.2) is 11.6 Å². The molecule has 3 fully saturated rings. The van der Waals surface area contributed by atoms with E-state index in [2.05, 4.69) is 40.7 Å². The molecule has 0 radical (unpaired) electrons. The van der Waals surface area contributed by atoms with Crippen molar-refractivity contribution in [1.82, 2.24) is 0 Å². The topological polar surface area (TPSA) is 26.0 Å². The monoisotopic (exact) mass is 385 g/mol. The summed E-state index contributed by atoms with van der Waals surface area (Å²) in [7, 11) is 0. The molecule has 4 aliphatic carbocycles. The molecule has 0 saturated heterocycles. The lowest BCUT2D eigenvalue weighted by atomic mass is 9.47. The predicted molar refractivity (Wildman–Crippen MR) is 121 cm³/mol. The lowest BCUT2D eigenvalue weighted by Crippen LogP contribution is -2.51. The molecule has 0 heterocycles. The lowest BCUT2D eigenvalue weighted by molar-refractivity contribution is -0.0508. The Labute approximate surface area is 175 Å². The Morgan fingerprint density at radius 3 is 2.54 bits per heavy atom. The molecule has 0 aliphatic heterocycles. The van der Waals surface area contributed by atoms with Crippen LogP contribution in [0.5, 0.6) is 0 Å². The van der Waals surface area contributed by atoms with Gasteiger partial charge in [0.15, 0.2) is 0 Å². The third-order valence-corrected chi connectivity index (χ3v) is 10.3. The van der Waals surface area contributed by atoms with Gasteiger partial charge in [-0.15, -0.1) is 0 Å². The Morgan fingerprint density at radius 2 is 1.79 bits per heavy atom. The minimum atomic E-state index is 0.423. The molecule has 1 heteroatoms. The van der Waals surface area contributed by atoms with Gasteiger partial charge in [-0.2, -0.15) is 0 Å². The summed E-state index contributed by atoms with van der Waals surface area (Å²) >= 11 is 0. The predicted octanol–water partition coefficient (Wildman–Crippen LogP) is 7.36. The number of nitrogens with two attached hydrogens (primary N) is 1. The molecular formula is C27H47N. The Bertz CT molecular complexity index is 591. The highest BCUT2D eigenvalue weighted by molar-refractivity contribution is 5.25. The molecule has 28 heavy (non-hydrogen) atoms. The summed E-state index contributed by atoms with van der Waals surface area (Å²) in [6.45, 7) is 12.7. The Morgan fingerprint density at radius 1 is 1.00 bits per heavy atom. The van der Waals surface area contributed by atoms with Gasteiger partial charge >= 0.3 is 0 Å². The van der Waals surface area contributed by atoms with E-state index in [0.717, 1.165) is 35.5 Å². The van der Waals surface area contributed by atoms with Gasteiger partial charge in [0, 0.05) is 6.04 Å². The van der Waals surface area contributed by atoms with Crippen molar-refractivity contribution < 1.29 is 0 Å². The van der Waals surface area contributed by atoms with Crippen molar-refractivity contribution in [3.63, 3.8) is 0 Å². The van der Waals surface area contributed by atoms with Crippen LogP contribution in [-0.4, -0.2) is 6.04 Å². The third-order valence-electron chi connectivity index (χ3n) is 10.3. The summed E-state index contributed by atoms with van der Waals surface area (Å²) in [5.41, 5.74) is 9.18.